The zero-order valence-electron chi connectivity index (χ0n) is 73.7. The SMILES string of the molecule is c1cc(-c2cc3ccccc3c3ccccc23)cc(-c2cccc3c2sc2ccccc23)c1.c1cc(-c2ccc(-c3cc4ccccc4c4ccccc34)cc2)cc(-c2cccc(-c3ccc(-c4cccc5c4sc4ccccc45)cc3)c2)c1.c1cc(-c2ccc(-c3cccc4c3sc3ccccc34)cc2)cc(-c2cccc(-c3cccc(-c4cc5ccccc5c5ccccc45)c3)c2)c1. The van der Waals surface area contributed by atoms with Crippen molar-refractivity contribution in [1.82, 2.24) is 0 Å². The predicted molar refractivity (Wildman–Crippen MR) is 588 cm³/mol. The Morgan fingerprint density at radius 3 is 0.585 bits per heavy atom. The fraction of sp³-hybridized carbons (Fsp3) is 0. The van der Waals surface area contributed by atoms with Gasteiger partial charge in [-0.25, -0.2) is 0 Å². The number of benzene rings is 24. The van der Waals surface area contributed by atoms with Crippen molar-refractivity contribution in [2.75, 3.05) is 0 Å². The Balaban J connectivity index is 0.000000111. The summed E-state index contributed by atoms with van der Waals surface area (Å²) < 4.78 is 8.08. The maximum Gasteiger partial charge on any atom is 0.0433 e. The van der Waals surface area contributed by atoms with Crippen molar-refractivity contribution in [3.05, 3.63) is 510 Å². The highest BCUT2D eigenvalue weighted by molar-refractivity contribution is 7.27. The molecule has 3 heterocycles. The second-order valence-electron chi connectivity index (χ2n) is 35.1. The number of rotatable bonds is 12. The molecule has 0 radical (unpaired) electrons. The Bertz CT molecular complexity index is 9300. The van der Waals surface area contributed by atoms with Gasteiger partial charge in [-0.05, 0) is 271 Å². The van der Waals surface area contributed by atoms with E-state index in [1.165, 1.54) is 259 Å². The van der Waals surface area contributed by atoms with Crippen molar-refractivity contribution in [3.63, 3.8) is 0 Å². The highest BCUT2D eigenvalue weighted by Gasteiger charge is 2.20. The molecule has 24 aromatic carbocycles. The van der Waals surface area contributed by atoms with Crippen LogP contribution in [0.25, 0.3) is 259 Å². The third kappa shape index (κ3) is 15.1. The monoisotopic (exact) mass is 1760 g/mol. The van der Waals surface area contributed by atoms with Crippen LogP contribution in [0.3, 0.4) is 0 Å². The molecule has 3 heteroatoms. The lowest BCUT2D eigenvalue weighted by Crippen LogP contribution is -1.87. The van der Waals surface area contributed by atoms with Crippen molar-refractivity contribution in [2.45, 2.75) is 0 Å². The first-order chi connectivity index (χ1) is 66.9. The van der Waals surface area contributed by atoms with Crippen LogP contribution in [0.1, 0.15) is 0 Å². The molecule has 0 aliphatic carbocycles. The minimum absolute atomic E-state index is 1.21. The average molecular weight is 1770 g/mol. The number of hydrogen-bond acceptors (Lipinski definition) is 3. The van der Waals surface area contributed by atoms with Gasteiger partial charge in [0.15, 0.2) is 0 Å². The lowest BCUT2D eigenvalue weighted by molar-refractivity contribution is 1.57. The van der Waals surface area contributed by atoms with E-state index in [4.69, 9.17) is 0 Å². The maximum absolute atomic E-state index is 2.36. The van der Waals surface area contributed by atoms with E-state index in [0.717, 1.165) is 0 Å². The summed E-state index contributed by atoms with van der Waals surface area (Å²) in [6.45, 7) is 0. The summed E-state index contributed by atoms with van der Waals surface area (Å²) in [6, 6.07) is 186. The van der Waals surface area contributed by atoms with Crippen molar-refractivity contribution >= 4 is 159 Å². The lowest BCUT2D eigenvalue weighted by Gasteiger charge is -2.13. The maximum atomic E-state index is 2.36. The van der Waals surface area contributed by atoms with Crippen LogP contribution >= 0.6 is 34.0 Å². The summed E-state index contributed by atoms with van der Waals surface area (Å²) in [5, 5.41) is 23.5. The number of fused-ring (bicyclic) bond motifs is 18. The molecular formula is C132H84S3. The summed E-state index contributed by atoms with van der Waals surface area (Å²) in [5.41, 5.74) is 29.8. The summed E-state index contributed by atoms with van der Waals surface area (Å²) in [6.07, 6.45) is 0. The highest BCUT2D eigenvalue weighted by atomic mass is 32.1. The second kappa shape index (κ2) is 34.7. The predicted octanol–water partition coefficient (Wildman–Crippen LogP) is 39.1. The van der Waals surface area contributed by atoms with Crippen LogP contribution in [-0.4, -0.2) is 0 Å². The second-order valence-corrected chi connectivity index (χ2v) is 38.3. The van der Waals surface area contributed by atoms with E-state index in [-0.39, 0.29) is 0 Å². The molecule has 0 aliphatic heterocycles. The van der Waals surface area contributed by atoms with Crippen LogP contribution in [0.4, 0.5) is 0 Å². The summed E-state index contributed by atoms with van der Waals surface area (Å²) in [4.78, 5) is 0. The van der Waals surface area contributed by atoms with Gasteiger partial charge in [0.1, 0.15) is 0 Å². The smallest absolute Gasteiger partial charge is 0.0433 e. The van der Waals surface area contributed by atoms with Gasteiger partial charge >= 0.3 is 0 Å². The molecule has 0 saturated heterocycles. The van der Waals surface area contributed by atoms with Gasteiger partial charge in [-0.2, -0.15) is 0 Å². The fourth-order valence-electron chi connectivity index (χ4n) is 20.6. The first kappa shape index (κ1) is 80.6. The Morgan fingerprint density at radius 1 is 0.0963 bits per heavy atom. The minimum atomic E-state index is 1.21. The molecule has 0 atom stereocenters. The van der Waals surface area contributed by atoms with Crippen LogP contribution in [-0.2, 0) is 0 Å². The van der Waals surface area contributed by atoms with E-state index >= 15 is 0 Å². The zero-order valence-corrected chi connectivity index (χ0v) is 76.2. The molecule has 630 valence electrons. The van der Waals surface area contributed by atoms with Gasteiger partial charge in [0.25, 0.3) is 0 Å². The molecule has 0 unspecified atom stereocenters. The molecule has 0 nitrogen and oxygen atoms in total. The van der Waals surface area contributed by atoms with E-state index in [9.17, 15) is 0 Å². The van der Waals surface area contributed by atoms with Gasteiger partial charge in [-0.1, -0.05) is 437 Å². The normalized spacial score (nSPS) is 11.6. The molecule has 135 heavy (non-hydrogen) atoms. The summed E-state index contributed by atoms with van der Waals surface area (Å²) in [5.74, 6) is 0. The molecule has 0 amide bonds. The first-order valence-electron chi connectivity index (χ1n) is 46.3. The van der Waals surface area contributed by atoms with E-state index in [0.29, 0.717) is 0 Å². The molecule has 0 N–H and O–H groups in total. The van der Waals surface area contributed by atoms with Gasteiger partial charge < -0.3 is 0 Å². The first-order valence-corrected chi connectivity index (χ1v) is 48.7. The van der Waals surface area contributed by atoms with E-state index in [2.05, 4.69) is 510 Å². The van der Waals surface area contributed by atoms with Gasteiger partial charge in [0.2, 0.25) is 0 Å². The Labute approximate surface area is 795 Å². The van der Waals surface area contributed by atoms with Crippen molar-refractivity contribution in [3.8, 4) is 134 Å². The molecule has 0 saturated carbocycles. The fourth-order valence-corrected chi connectivity index (χ4v) is 24.3. The van der Waals surface area contributed by atoms with Gasteiger partial charge in [-0.15, -0.1) is 34.0 Å². The van der Waals surface area contributed by atoms with Gasteiger partial charge in [0, 0.05) is 60.5 Å². The third-order valence-corrected chi connectivity index (χ3v) is 30.9. The van der Waals surface area contributed by atoms with E-state index in [1.54, 1.807) is 0 Å². The Kier molecular flexibility index (Phi) is 20.7. The number of thiophene rings is 3. The molecule has 0 spiro atoms. The Morgan fingerprint density at radius 2 is 0.281 bits per heavy atom. The topological polar surface area (TPSA) is 0 Å². The lowest BCUT2D eigenvalue weighted by atomic mass is 9.91. The van der Waals surface area contributed by atoms with E-state index in [1.807, 2.05) is 34.0 Å². The minimum Gasteiger partial charge on any atom is -0.135 e. The molecular weight excluding hydrogens is 1680 g/mol. The van der Waals surface area contributed by atoms with Crippen molar-refractivity contribution in [1.29, 1.82) is 0 Å². The standard InChI is InChI=1S/2C50H32S.C32H20S/c1-2-18-42-41(11-1)32-48(45-20-4-3-19-44(42)45)40-17-9-16-39(31-40)38-15-8-14-37(30-38)36-13-7-12-35(29-36)33-25-27-34(28-26-33)43-22-10-23-47-46-21-5-6-24-49(46)51-50(43)47;1-2-15-42-41(10-1)32-48(45-17-4-3-16-44(42)45)36-28-24-34(25-29-36)38-12-8-14-40(31-38)39-13-7-11-37(30-39)33-22-26-35(27-23-33)43-19-9-20-47-46-18-5-6-21-49(46)51-50(43)47;1-2-12-24-23(9-1)20-30(27-14-4-3-13-26(24)27)22-11-7-10-21(19-22)25-16-8-17-29-28-15-5-6-18-31(28)33-32(25)29/h2*1-32H;1-20H. The largest absolute Gasteiger partial charge is 0.135 e. The molecule has 3 aromatic heterocycles. The summed E-state index contributed by atoms with van der Waals surface area (Å²) in [7, 11) is 0. The Hall–Kier alpha value is -16.5. The van der Waals surface area contributed by atoms with Crippen LogP contribution in [0.15, 0.2) is 510 Å². The van der Waals surface area contributed by atoms with Gasteiger partial charge in [-0.3, -0.25) is 0 Å². The zero-order chi connectivity index (χ0) is 89.2. The third-order valence-electron chi connectivity index (χ3n) is 27.2. The molecule has 27 rings (SSSR count). The van der Waals surface area contributed by atoms with Crippen LogP contribution in [0.5, 0.6) is 0 Å². The highest BCUT2D eigenvalue weighted by Crippen LogP contribution is 2.48. The molecule has 0 bridgehead atoms. The molecule has 0 fully saturated rings. The molecule has 27 aromatic rings. The van der Waals surface area contributed by atoms with Crippen LogP contribution in [0, 0.1) is 0 Å². The van der Waals surface area contributed by atoms with Gasteiger partial charge in [0.05, 0.1) is 0 Å². The quantitative estimate of drug-likeness (QED) is 0.107. The van der Waals surface area contributed by atoms with Crippen molar-refractivity contribution < 1.29 is 0 Å². The summed E-state index contributed by atoms with van der Waals surface area (Å²) >= 11 is 5.65. The average Bonchev–Trinajstić information content (AvgIpc) is 1.25. The number of hydrogen-bond donors (Lipinski definition) is 0. The van der Waals surface area contributed by atoms with Crippen molar-refractivity contribution in [2.24, 2.45) is 0 Å². The van der Waals surface area contributed by atoms with Crippen LogP contribution in [0.2, 0.25) is 0 Å². The van der Waals surface area contributed by atoms with E-state index < -0.39 is 0 Å². The van der Waals surface area contributed by atoms with Crippen LogP contribution < -0.4 is 0 Å². The molecule has 0 aliphatic rings.